The average Bonchev–Trinajstić information content (AvgIpc) is 3.38. The van der Waals surface area contributed by atoms with Crippen LogP contribution in [0.3, 0.4) is 0 Å². The summed E-state index contributed by atoms with van der Waals surface area (Å²) in [6.07, 6.45) is 3.26. The molecule has 1 aliphatic heterocycles. The number of anilines is 1. The lowest BCUT2D eigenvalue weighted by Crippen LogP contribution is -2.40. The van der Waals surface area contributed by atoms with Gasteiger partial charge in [0.1, 0.15) is 6.54 Å². The van der Waals surface area contributed by atoms with E-state index < -0.39 is 0 Å². The predicted molar refractivity (Wildman–Crippen MR) is 148 cm³/mol. The highest BCUT2D eigenvalue weighted by atomic mass is 32.1. The number of aromatic nitrogens is 1. The van der Waals surface area contributed by atoms with Crippen molar-refractivity contribution in [2.75, 3.05) is 45.2 Å². The number of hydrogen-bond acceptors (Lipinski definition) is 6. The van der Waals surface area contributed by atoms with E-state index >= 15 is 0 Å². The highest BCUT2D eigenvalue weighted by molar-refractivity contribution is 7.13. The van der Waals surface area contributed by atoms with Gasteiger partial charge in [0.15, 0.2) is 5.13 Å². The van der Waals surface area contributed by atoms with E-state index in [-0.39, 0.29) is 37.2 Å². The van der Waals surface area contributed by atoms with Crippen LogP contribution in [-0.2, 0) is 27.2 Å². The number of rotatable bonds is 11. The first-order chi connectivity index (χ1) is 18.5. The van der Waals surface area contributed by atoms with Crippen LogP contribution in [0.1, 0.15) is 34.5 Å². The predicted octanol–water partition coefficient (Wildman–Crippen LogP) is 3.89. The van der Waals surface area contributed by atoms with E-state index in [0.29, 0.717) is 28.9 Å². The summed E-state index contributed by atoms with van der Waals surface area (Å²) in [4.78, 5) is 46.2. The molecule has 0 aliphatic carbocycles. The number of amides is 3. The van der Waals surface area contributed by atoms with E-state index in [1.165, 1.54) is 21.8 Å². The summed E-state index contributed by atoms with van der Waals surface area (Å²) in [5, 5.41) is 4.98. The number of ether oxygens (including phenoxy) is 1. The van der Waals surface area contributed by atoms with Crippen LogP contribution in [0.4, 0.5) is 5.13 Å². The number of thiazole rings is 1. The van der Waals surface area contributed by atoms with Gasteiger partial charge in [-0.1, -0.05) is 48.5 Å². The lowest BCUT2D eigenvalue weighted by Gasteiger charge is -2.32. The first-order valence-electron chi connectivity index (χ1n) is 12.9. The second kappa shape index (κ2) is 13.8. The van der Waals surface area contributed by atoms with E-state index in [9.17, 15) is 14.4 Å². The lowest BCUT2D eigenvalue weighted by molar-refractivity contribution is -0.131. The molecule has 8 nitrogen and oxygen atoms in total. The van der Waals surface area contributed by atoms with E-state index in [4.69, 9.17) is 4.74 Å². The molecule has 0 atom stereocenters. The van der Waals surface area contributed by atoms with Crippen LogP contribution in [0.15, 0.2) is 66.0 Å². The monoisotopic (exact) mass is 534 g/mol. The molecular formula is C29H34N4O4S. The normalized spacial score (nSPS) is 13.8. The van der Waals surface area contributed by atoms with Gasteiger partial charge in [0.25, 0.3) is 5.91 Å². The minimum atomic E-state index is -0.349. The third kappa shape index (κ3) is 7.97. The average molecular weight is 535 g/mol. The SMILES string of the molecule is COCCN(CC(=O)Nc1nc(CC(=O)N2CCC(Cc3ccccc3)CC2)cs1)C(=O)c1ccccc1. The minimum absolute atomic E-state index is 0.0607. The Morgan fingerprint density at radius 1 is 1.05 bits per heavy atom. The number of piperidine rings is 1. The quantitative estimate of drug-likeness (QED) is 0.403. The molecule has 9 heteroatoms. The van der Waals surface area contributed by atoms with Gasteiger partial charge >= 0.3 is 0 Å². The Hall–Kier alpha value is -3.56. The van der Waals surface area contributed by atoms with Crippen molar-refractivity contribution >= 4 is 34.2 Å². The molecule has 1 saturated heterocycles. The van der Waals surface area contributed by atoms with Gasteiger partial charge in [0.05, 0.1) is 18.7 Å². The molecule has 0 bridgehead atoms. The molecule has 4 rings (SSSR count). The molecule has 0 radical (unpaired) electrons. The van der Waals surface area contributed by atoms with Gasteiger partial charge in [0, 0.05) is 37.7 Å². The van der Waals surface area contributed by atoms with Crippen LogP contribution in [0.5, 0.6) is 0 Å². The van der Waals surface area contributed by atoms with Crippen LogP contribution in [0, 0.1) is 5.92 Å². The Labute approximate surface area is 227 Å². The van der Waals surface area contributed by atoms with Crippen LogP contribution in [0.2, 0.25) is 0 Å². The Morgan fingerprint density at radius 2 is 1.74 bits per heavy atom. The fourth-order valence-corrected chi connectivity index (χ4v) is 5.32. The van der Waals surface area contributed by atoms with Crippen molar-refractivity contribution in [1.29, 1.82) is 0 Å². The van der Waals surface area contributed by atoms with Crippen LogP contribution >= 0.6 is 11.3 Å². The number of carbonyl (C=O) groups excluding carboxylic acids is 3. The van der Waals surface area contributed by atoms with Gasteiger partial charge in [-0.3, -0.25) is 14.4 Å². The smallest absolute Gasteiger partial charge is 0.254 e. The summed E-state index contributed by atoms with van der Waals surface area (Å²) in [6.45, 7) is 2.01. The Morgan fingerprint density at radius 3 is 2.42 bits per heavy atom. The molecule has 0 spiro atoms. The topological polar surface area (TPSA) is 91.8 Å². The standard InChI is InChI=1S/C29H34N4O4S/c1-37-17-16-33(28(36)24-10-6-3-7-11-24)20-26(34)31-29-30-25(21-38-29)19-27(35)32-14-12-23(13-15-32)18-22-8-4-2-5-9-22/h2-11,21,23H,12-20H2,1H3,(H,30,31,34). The zero-order chi connectivity index (χ0) is 26.7. The van der Waals surface area contributed by atoms with Crippen molar-refractivity contribution in [3.05, 3.63) is 82.9 Å². The second-order valence-electron chi connectivity index (χ2n) is 9.47. The van der Waals surface area contributed by atoms with Crippen LogP contribution in [0.25, 0.3) is 0 Å². The maximum Gasteiger partial charge on any atom is 0.254 e. The third-order valence-electron chi connectivity index (χ3n) is 6.67. The number of likely N-dealkylation sites (tertiary alicyclic amines) is 1. The maximum atomic E-state index is 12.9. The molecule has 200 valence electrons. The Bertz CT molecular complexity index is 1190. The van der Waals surface area contributed by atoms with Crippen molar-refractivity contribution < 1.29 is 19.1 Å². The van der Waals surface area contributed by atoms with Gasteiger partial charge in [-0.15, -0.1) is 11.3 Å². The fraction of sp³-hybridized carbons (Fsp3) is 0.379. The molecule has 2 aromatic carbocycles. The van der Waals surface area contributed by atoms with Crippen molar-refractivity contribution in [3.8, 4) is 0 Å². The molecule has 0 unspecified atom stereocenters. The summed E-state index contributed by atoms with van der Waals surface area (Å²) in [7, 11) is 1.55. The molecule has 38 heavy (non-hydrogen) atoms. The largest absolute Gasteiger partial charge is 0.383 e. The number of benzene rings is 2. The van der Waals surface area contributed by atoms with Crippen molar-refractivity contribution in [3.63, 3.8) is 0 Å². The highest BCUT2D eigenvalue weighted by Crippen LogP contribution is 2.23. The van der Waals surface area contributed by atoms with Crippen molar-refractivity contribution in [2.45, 2.75) is 25.7 Å². The second-order valence-corrected chi connectivity index (χ2v) is 10.3. The van der Waals surface area contributed by atoms with E-state index in [1.54, 1.807) is 36.8 Å². The zero-order valence-corrected chi connectivity index (χ0v) is 22.5. The molecule has 3 aromatic rings. The third-order valence-corrected chi connectivity index (χ3v) is 7.48. The van der Waals surface area contributed by atoms with Crippen LogP contribution < -0.4 is 5.32 Å². The van der Waals surface area contributed by atoms with Crippen molar-refractivity contribution in [2.24, 2.45) is 5.92 Å². The molecular weight excluding hydrogens is 500 g/mol. The summed E-state index contributed by atoms with van der Waals surface area (Å²) in [5.41, 5.74) is 2.49. The van der Waals surface area contributed by atoms with Gasteiger partial charge in [-0.2, -0.15) is 0 Å². The molecule has 2 heterocycles. The van der Waals surface area contributed by atoms with Crippen molar-refractivity contribution in [1.82, 2.24) is 14.8 Å². The number of nitrogens with zero attached hydrogens (tertiary/aromatic N) is 3. The minimum Gasteiger partial charge on any atom is -0.383 e. The molecule has 1 fully saturated rings. The summed E-state index contributed by atoms with van der Waals surface area (Å²) in [6, 6.07) is 19.3. The number of methoxy groups -OCH3 is 1. The molecule has 1 aliphatic rings. The Kier molecular flexibility index (Phi) is 10.0. The lowest BCUT2D eigenvalue weighted by atomic mass is 9.90. The van der Waals surface area contributed by atoms with E-state index in [0.717, 1.165) is 32.4 Å². The summed E-state index contributed by atoms with van der Waals surface area (Å²) >= 11 is 1.28. The molecule has 0 saturated carbocycles. The van der Waals surface area contributed by atoms with Gasteiger partial charge in [0.2, 0.25) is 11.8 Å². The molecule has 1 aromatic heterocycles. The van der Waals surface area contributed by atoms with Gasteiger partial charge in [-0.25, -0.2) is 4.98 Å². The van der Waals surface area contributed by atoms with E-state index in [2.05, 4.69) is 34.6 Å². The summed E-state index contributed by atoms with van der Waals surface area (Å²) < 4.78 is 5.11. The summed E-state index contributed by atoms with van der Waals surface area (Å²) in [5.74, 6) is 0.0687. The number of hydrogen-bond donors (Lipinski definition) is 1. The maximum absolute atomic E-state index is 12.9. The number of carbonyl (C=O) groups is 3. The Balaban J connectivity index is 1.25. The fourth-order valence-electron chi connectivity index (χ4n) is 4.60. The zero-order valence-electron chi connectivity index (χ0n) is 21.7. The highest BCUT2D eigenvalue weighted by Gasteiger charge is 2.24. The van der Waals surface area contributed by atoms with Gasteiger partial charge in [-0.05, 0) is 42.9 Å². The first-order valence-corrected chi connectivity index (χ1v) is 13.8. The number of nitrogens with one attached hydrogen (secondary N) is 1. The van der Waals surface area contributed by atoms with Crippen LogP contribution in [-0.4, -0.2) is 72.4 Å². The van der Waals surface area contributed by atoms with Gasteiger partial charge < -0.3 is 19.9 Å². The first kappa shape index (κ1) is 27.5. The molecule has 1 N–H and O–H groups in total. The molecule has 3 amide bonds. The van der Waals surface area contributed by atoms with E-state index in [1.807, 2.05) is 17.0 Å².